The molecule has 0 atom stereocenters. The maximum atomic E-state index is 11.6. The Morgan fingerprint density at radius 2 is 1.91 bits per heavy atom. The highest BCUT2D eigenvalue weighted by Gasteiger charge is 2.53. The van der Waals surface area contributed by atoms with E-state index in [0.717, 1.165) is 38.3 Å². The van der Waals surface area contributed by atoms with E-state index in [1.54, 1.807) is 0 Å². The Labute approximate surface area is 151 Å². The van der Waals surface area contributed by atoms with E-state index in [4.69, 9.17) is 0 Å². The lowest BCUT2D eigenvalue weighted by Gasteiger charge is -2.62. The summed E-state index contributed by atoms with van der Waals surface area (Å²) in [7, 11) is 1.82. The molecular weight excluding hydrogens is 391 g/mol. The number of hydrogen-bond donors (Lipinski definition) is 2. The molecule has 0 radical (unpaired) electrons. The van der Waals surface area contributed by atoms with Gasteiger partial charge in [0, 0.05) is 43.6 Å². The van der Waals surface area contributed by atoms with Crippen molar-refractivity contribution in [2.24, 2.45) is 10.4 Å². The zero-order valence-electron chi connectivity index (χ0n) is 14.5. The molecule has 22 heavy (non-hydrogen) atoms. The Bertz CT molecular complexity index is 430. The Hall–Kier alpha value is -0.530. The van der Waals surface area contributed by atoms with Crippen molar-refractivity contribution in [2.45, 2.75) is 65.0 Å². The van der Waals surface area contributed by atoms with Gasteiger partial charge < -0.3 is 15.5 Å². The Balaban J connectivity index is 0.00000242. The van der Waals surface area contributed by atoms with Crippen LogP contribution in [0.25, 0.3) is 0 Å². The number of aliphatic imine (C=N–C) groups is 1. The van der Waals surface area contributed by atoms with Crippen LogP contribution in [0.5, 0.6) is 0 Å². The topological polar surface area (TPSA) is 56.7 Å². The second-order valence-corrected chi connectivity index (χ2v) is 7.45. The lowest BCUT2D eigenvalue weighted by atomic mass is 9.65. The summed E-state index contributed by atoms with van der Waals surface area (Å²) in [5.74, 6) is 1.13. The minimum Gasteiger partial charge on any atom is -0.356 e. The van der Waals surface area contributed by atoms with Crippen LogP contribution in [0.1, 0.15) is 53.4 Å². The third kappa shape index (κ3) is 4.26. The molecule has 1 saturated carbocycles. The molecule has 0 spiro atoms. The average Bonchev–Trinajstić information content (AvgIpc) is 3.21. The number of carbonyl (C=O) groups excluding carboxylic acids is 1. The van der Waals surface area contributed by atoms with Crippen molar-refractivity contribution in [1.29, 1.82) is 0 Å². The van der Waals surface area contributed by atoms with Crippen molar-refractivity contribution in [3.05, 3.63) is 0 Å². The molecule has 1 amide bonds. The maximum Gasteiger partial charge on any atom is 0.220 e. The van der Waals surface area contributed by atoms with Crippen molar-refractivity contribution in [3.8, 4) is 0 Å². The van der Waals surface area contributed by atoms with Crippen molar-refractivity contribution in [3.63, 3.8) is 0 Å². The van der Waals surface area contributed by atoms with Crippen LogP contribution in [0.4, 0.5) is 0 Å². The van der Waals surface area contributed by atoms with Gasteiger partial charge in [0.2, 0.25) is 5.91 Å². The van der Waals surface area contributed by atoms with Crippen LogP contribution in [0.2, 0.25) is 0 Å². The van der Waals surface area contributed by atoms with E-state index in [0.29, 0.717) is 17.9 Å². The number of rotatable bonds is 5. The number of halogens is 1. The first-order valence-electron chi connectivity index (χ1n) is 8.05. The summed E-state index contributed by atoms with van der Waals surface area (Å²) in [4.78, 5) is 18.3. The standard InChI is InChI=1S/C16H30N4O.HI/c1-15(2)11-20(16(15,3)4)14(17-5)18-10-6-7-13(21)19-12-8-9-12;/h12H,6-11H2,1-5H3,(H,17,18)(H,19,21);1H. The van der Waals surface area contributed by atoms with Gasteiger partial charge in [-0.2, -0.15) is 0 Å². The summed E-state index contributed by atoms with van der Waals surface area (Å²) < 4.78 is 0. The highest BCUT2D eigenvalue weighted by atomic mass is 127. The molecule has 0 unspecified atom stereocenters. The molecule has 0 bridgehead atoms. The molecule has 2 rings (SSSR count). The summed E-state index contributed by atoms with van der Waals surface area (Å²) in [6.45, 7) is 10.9. The number of likely N-dealkylation sites (tertiary alicyclic amines) is 1. The smallest absolute Gasteiger partial charge is 0.220 e. The van der Waals surface area contributed by atoms with Crippen LogP contribution in [0.3, 0.4) is 0 Å². The molecule has 1 heterocycles. The largest absolute Gasteiger partial charge is 0.356 e. The number of nitrogens with zero attached hydrogens (tertiary/aromatic N) is 2. The number of guanidine groups is 1. The van der Waals surface area contributed by atoms with Crippen molar-refractivity contribution < 1.29 is 4.79 Å². The zero-order valence-corrected chi connectivity index (χ0v) is 16.9. The number of nitrogens with one attached hydrogen (secondary N) is 2. The van der Waals surface area contributed by atoms with Crippen LogP contribution in [0.15, 0.2) is 4.99 Å². The molecular formula is C16H31IN4O. The Morgan fingerprint density at radius 3 is 2.36 bits per heavy atom. The third-order valence-corrected chi connectivity index (χ3v) is 5.16. The van der Waals surface area contributed by atoms with E-state index in [2.05, 4.69) is 48.2 Å². The second-order valence-electron chi connectivity index (χ2n) is 7.45. The average molecular weight is 422 g/mol. The normalized spacial score (nSPS) is 22.4. The van der Waals surface area contributed by atoms with E-state index in [1.807, 2.05) is 7.05 Å². The predicted molar refractivity (Wildman–Crippen MR) is 102 cm³/mol. The van der Waals surface area contributed by atoms with Crippen LogP contribution in [0, 0.1) is 5.41 Å². The van der Waals surface area contributed by atoms with Crippen molar-refractivity contribution in [1.82, 2.24) is 15.5 Å². The second kappa shape index (κ2) is 7.36. The molecule has 6 heteroatoms. The molecule has 2 N–H and O–H groups in total. The van der Waals surface area contributed by atoms with Gasteiger partial charge >= 0.3 is 0 Å². The summed E-state index contributed by atoms with van der Waals surface area (Å²) in [5.41, 5.74) is 0.410. The summed E-state index contributed by atoms with van der Waals surface area (Å²) >= 11 is 0. The summed E-state index contributed by atoms with van der Waals surface area (Å²) in [6.07, 6.45) is 3.73. The lowest BCUT2D eigenvalue weighted by Crippen LogP contribution is -2.72. The highest BCUT2D eigenvalue weighted by molar-refractivity contribution is 14.0. The maximum absolute atomic E-state index is 11.6. The number of hydrogen-bond acceptors (Lipinski definition) is 2. The van der Waals surface area contributed by atoms with Gasteiger partial charge in [0.1, 0.15) is 0 Å². The van der Waals surface area contributed by atoms with Gasteiger partial charge in [-0.25, -0.2) is 0 Å². The molecule has 2 aliphatic rings. The number of carbonyl (C=O) groups is 1. The molecule has 1 aliphatic heterocycles. The zero-order chi connectivity index (χ0) is 15.7. The first-order valence-corrected chi connectivity index (χ1v) is 8.05. The van der Waals surface area contributed by atoms with Crippen LogP contribution >= 0.6 is 24.0 Å². The molecule has 0 aromatic carbocycles. The molecule has 0 aromatic rings. The summed E-state index contributed by atoms with van der Waals surface area (Å²) in [6, 6.07) is 0.461. The molecule has 128 valence electrons. The SMILES string of the molecule is CN=C(NCCCC(=O)NC1CC1)N1CC(C)(C)C1(C)C.I. The Morgan fingerprint density at radius 1 is 1.27 bits per heavy atom. The first-order chi connectivity index (χ1) is 9.78. The molecule has 0 aromatic heterocycles. The molecule has 1 saturated heterocycles. The van der Waals surface area contributed by atoms with E-state index in [9.17, 15) is 4.79 Å². The molecule has 1 aliphatic carbocycles. The van der Waals surface area contributed by atoms with Crippen LogP contribution in [-0.2, 0) is 4.79 Å². The third-order valence-electron chi connectivity index (χ3n) is 5.16. The van der Waals surface area contributed by atoms with E-state index < -0.39 is 0 Å². The molecule has 5 nitrogen and oxygen atoms in total. The van der Waals surface area contributed by atoms with Gasteiger partial charge in [-0.1, -0.05) is 13.8 Å². The van der Waals surface area contributed by atoms with Gasteiger partial charge in [-0.3, -0.25) is 9.79 Å². The fourth-order valence-electron chi connectivity index (χ4n) is 2.67. The monoisotopic (exact) mass is 422 g/mol. The fraction of sp³-hybridized carbons (Fsp3) is 0.875. The highest BCUT2D eigenvalue weighted by Crippen LogP contribution is 2.46. The van der Waals surface area contributed by atoms with Crippen molar-refractivity contribution in [2.75, 3.05) is 20.1 Å². The molecule has 2 fully saturated rings. The van der Waals surface area contributed by atoms with Gasteiger partial charge in [-0.05, 0) is 33.1 Å². The fourth-order valence-corrected chi connectivity index (χ4v) is 2.67. The first kappa shape index (κ1) is 19.5. The van der Waals surface area contributed by atoms with E-state index >= 15 is 0 Å². The lowest BCUT2D eigenvalue weighted by molar-refractivity contribution is -0.121. The minimum atomic E-state index is 0. The van der Waals surface area contributed by atoms with Crippen LogP contribution in [-0.4, -0.2) is 48.5 Å². The van der Waals surface area contributed by atoms with Crippen molar-refractivity contribution >= 4 is 35.8 Å². The van der Waals surface area contributed by atoms with E-state index in [1.165, 1.54) is 0 Å². The van der Waals surface area contributed by atoms with Gasteiger partial charge in [-0.15, -0.1) is 24.0 Å². The summed E-state index contributed by atoms with van der Waals surface area (Å²) in [5, 5.41) is 6.40. The van der Waals surface area contributed by atoms with Gasteiger partial charge in [0.05, 0.1) is 0 Å². The van der Waals surface area contributed by atoms with Gasteiger partial charge in [0.15, 0.2) is 5.96 Å². The quantitative estimate of drug-likeness (QED) is 0.310. The number of amides is 1. The van der Waals surface area contributed by atoms with Crippen LogP contribution < -0.4 is 10.6 Å². The Kier molecular flexibility index (Phi) is 6.53. The van der Waals surface area contributed by atoms with Gasteiger partial charge in [0.25, 0.3) is 0 Å². The predicted octanol–water partition coefficient (Wildman–Crippen LogP) is 2.36. The minimum absolute atomic E-state index is 0. The van der Waals surface area contributed by atoms with E-state index in [-0.39, 0.29) is 35.4 Å².